The number of halogens is 1. The molecule has 4 rings (SSSR count). The van der Waals surface area contributed by atoms with Gasteiger partial charge in [0.15, 0.2) is 5.78 Å². The Morgan fingerprint density at radius 2 is 1.69 bits per heavy atom. The van der Waals surface area contributed by atoms with Crippen LogP contribution in [0.3, 0.4) is 0 Å². The Balaban J connectivity index is 1.71. The zero-order chi connectivity index (χ0) is 18.5. The molecule has 2 heterocycles. The molecular weight excluding hydrogens is 374 g/mol. The Labute approximate surface area is 156 Å². The second-order valence-electron chi connectivity index (χ2n) is 6.67. The average Bonchev–Trinajstić information content (AvgIpc) is 2.85. The number of β-lactam (4-membered cyclic amide) rings is 1. The van der Waals surface area contributed by atoms with Gasteiger partial charge in [-0.25, -0.2) is 8.42 Å². The number of Topliss-reactive ketones (excluding diaryl/α,β-unsaturated/α-hetero) is 1. The van der Waals surface area contributed by atoms with E-state index in [1.807, 2.05) is 30.3 Å². The van der Waals surface area contributed by atoms with Gasteiger partial charge in [-0.1, -0.05) is 41.9 Å². The first-order valence-corrected chi connectivity index (χ1v) is 10.1. The standard InChI is InChI=1S/C19H16ClNO4S/c20-15-6-8-16(9-7-15)26(24,25)19-11-17(22)21(19)12-14(18(19)23)10-13-4-2-1-3-5-13/h1-9,14H,10-12H2. The van der Waals surface area contributed by atoms with Crippen molar-refractivity contribution in [2.75, 3.05) is 6.54 Å². The Bertz CT molecular complexity index is 988. The number of nitrogens with zero attached hydrogens (tertiary/aromatic N) is 1. The van der Waals surface area contributed by atoms with Gasteiger partial charge in [0.25, 0.3) is 0 Å². The Kier molecular flexibility index (Phi) is 3.93. The Hall–Kier alpha value is -2.18. The predicted molar refractivity (Wildman–Crippen MR) is 96.3 cm³/mol. The van der Waals surface area contributed by atoms with Crippen molar-refractivity contribution in [3.63, 3.8) is 0 Å². The molecule has 0 aromatic heterocycles. The summed E-state index contributed by atoms with van der Waals surface area (Å²) in [6, 6.07) is 15.1. The number of carbonyl (C=O) groups is 2. The fourth-order valence-electron chi connectivity index (χ4n) is 3.83. The molecule has 2 saturated heterocycles. The smallest absolute Gasteiger partial charge is 0.228 e. The molecule has 2 aliphatic rings. The Morgan fingerprint density at radius 1 is 1.04 bits per heavy atom. The molecule has 7 heteroatoms. The molecule has 2 aliphatic heterocycles. The van der Waals surface area contributed by atoms with Crippen LogP contribution in [0.4, 0.5) is 0 Å². The molecule has 1 amide bonds. The van der Waals surface area contributed by atoms with Gasteiger partial charge in [0.05, 0.1) is 11.3 Å². The zero-order valence-electron chi connectivity index (χ0n) is 13.8. The highest BCUT2D eigenvalue weighted by Gasteiger charge is 2.70. The van der Waals surface area contributed by atoms with E-state index in [0.717, 1.165) is 5.56 Å². The lowest BCUT2D eigenvalue weighted by atomic mass is 9.93. The van der Waals surface area contributed by atoms with Crippen LogP contribution in [-0.2, 0) is 25.8 Å². The zero-order valence-corrected chi connectivity index (χ0v) is 15.3. The fourth-order valence-corrected chi connectivity index (χ4v) is 6.06. The van der Waals surface area contributed by atoms with E-state index >= 15 is 0 Å². The lowest BCUT2D eigenvalue weighted by Gasteiger charge is -2.44. The lowest BCUT2D eigenvalue weighted by molar-refractivity contribution is -0.150. The third kappa shape index (κ3) is 2.32. The van der Waals surface area contributed by atoms with Gasteiger partial charge in [-0.3, -0.25) is 9.59 Å². The monoisotopic (exact) mass is 389 g/mol. The van der Waals surface area contributed by atoms with E-state index in [1.54, 1.807) is 0 Å². The molecule has 0 aliphatic carbocycles. The number of hydrogen-bond acceptors (Lipinski definition) is 4. The third-order valence-corrected chi connectivity index (χ3v) is 7.78. The van der Waals surface area contributed by atoms with Crippen LogP contribution in [0.5, 0.6) is 0 Å². The lowest BCUT2D eigenvalue weighted by Crippen LogP contribution is -2.67. The summed E-state index contributed by atoms with van der Waals surface area (Å²) in [6.45, 7) is 0.138. The van der Waals surface area contributed by atoms with E-state index < -0.39 is 26.4 Å². The molecule has 0 N–H and O–H groups in total. The van der Waals surface area contributed by atoms with Crippen molar-refractivity contribution in [1.82, 2.24) is 4.90 Å². The second kappa shape index (κ2) is 5.93. The predicted octanol–water partition coefficient (Wildman–Crippen LogP) is 2.48. The number of carbonyl (C=O) groups excluding carboxylic acids is 2. The fraction of sp³-hybridized carbons (Fsp3) is 0.263. The quantitative estimate of drug-likeness (QED) is 0.753. The number of fused-ring (bicyclic) bond motifs is 1. The molecule has 5 nitrogen and oxygen atoms in total. The minimum Gasteiger partial charge on any atom is -0.315 e. The van der Waals surface area contributed by atoms with Crippen molar-refractivity contribution in [3.8, 4) is 0 Å². The third-order valence-electron chi connectivity index (χ3n) is 5.18. The molecule has 0 spiro atoms. The van der Waals surface area contributed by atoms with Gasteiger partial charge < -0.3 is 4.90 Å². The molecule has 2 fully saturated rings. The number of benzene rings is 2. The van der Waals surface area contributed by atoms with Crippen LogP contribution in [0.2, 0.25) is 5.02 Å². The molecule has 0 saturated carbocycles. The topological polar surface area (TPSA) is 71.5 Å². The van der Waals surface area contributed by atoms with E-state index in [-0.39, 0.29) is 23.8 Å². The maximum absolute atomic E-state index is 13.2. The number of amides is 1. The summed E-state index contributed by atoms with van der Waals surface area (Å²) >= 11 is 5.84. The molecule has 0 bridgehead atoms. The average molecular weight is 390 g/mol. The molecule has 2 aromatic carbocycles. The SMILES string of the molecule is O=C1CC2(S(=O)(=O)c3ccc(Cl)cc3)C(=O)C(Cc3ccccc3)CN12. The van der Waals surface area contributed by atoms with Gasteiger partial charge in [-0.15, -0.1) is 0 Å². The van der Waals surface area contributed by atoms with E-state index in [2.05, 4.69) is 0 Å². The molecule has 0 radical (unpaired) electrons. The number of hydrogen-bond donors (Lipinski definition) is 0. The minimum atomic E-state index is -4.03. The number of sulfone groups is 1. The van der Waals surface area contributed by atoms with Crippen molar-refractivity contribution in [3.05, 3.63) is 65.2 Å². The number of ketones is 1. The van der Waals surface area contributed by atoms with Crippen LogP contribution in [0, 0.1) is 5.92 Å². The molecular formula is C19H16ClNO4S. The van der Waals surface area contributed by atoms with Crippen LogP contribution in [0.1, 0.15) is 12.0 Å². The summed E-state index contributed by atoms with van der Waals surface area (Å²) in [5, 5.41) is 0.405. The van der Waals surface area contributed by atoms with E-state index in [4.69, 9.17) is 11.6 Å². The van der Waals surface area contributed by atoms with Gasteiger partial charge in [0, 0.05) is 17.5 Å². The highest BCUT2D eigenvalue weighted by molar-refractivity contribution is 7.93. The largest absolute Gasteiger partial charge is 0.315 e. The molecule has 2 aromatic rings. The van der Waals surface area contributed by atoms with Gasteiger partial charge in [-0.05, 0) is 36.2 Å². The second-order valence-corrected chi connectivity index (χ2v) is 9.26. The van der Waals surface area contributed by atoms with Crippen LogP contribution in [0.25, 0.3) is 0 Å². The Morgan fingerprint density at radius 3 is 2.31 bits per heavy atom. The molecule has 2 atom stereocenters. The molecule has 134 valence electrons. The van der Waals surface area contributed by atoms with Gasteiger partial charge in [0.1, 0.15) is 0 Å². The van der Waals surface area contributed by atoms with Crippen LogP contribution < -0.4 is 0 Å². The molecule has 26 heavy (non-hydrogen) atoms. The first-order chi connectivity index (χ1) is 12.4. The van der Waals surface area contributed by atoms with Crippen molar-refractivity contribution in [2.45, 2.75) is 22.6 Å². The summed E-state index contributed by atoms with van der Waals surface area (Å²) in [5.41, 5.74) is 0.944. The molecule has 2 unspecified atom stereocenters. The summed E-state index contributed by atoms with van der Waals surface area (Å²) in [5.74, 6) is -1.21. The summed E-state index contributed by atoms with van der Waals surface area (Å²) < 4.78 is 26.5. The first kappa shape index (κ1) is 17.2. The number of rotatable bonds is 4. The van der Waals surface area contributed by atoms with Crippen molar-refractivity contribution >= 4 is 33.1 Å². The summed E-state index contributed by atoms with van der Waals surface area (Å²) in [4.78, 5) is 24.7. The van der Waals surface area contributed by atoms with Crippen LogP contribution >= 0.6 is 11.6 Å². The van der Waals surface area contributed by atoms with Gasteiger partial charge >= 0.3 is 0 Å². The van der Waals surface area contributed by atoms with E-state index in [1.165, 1.54) is 29.2 Å². The van der Waals surface area contributed by atoms with Gasteiger partial charge in [0.2, 0.25) is 20.6 Å². The maximum atomic E-state index is 13.2. The summed E-state index contributed by atoms with van der Waals surface area (Å²) in [7, 11) is -4.03. The van der Waals surface area contributed by atoms with Gasteiger partial charge in [-0.2, -0.15) is 0 Å². The van der Waals surface area contributed by atoms with Crippen molar-refractivity contribution in [2.24, 2.45) is 5.92 Å². The van der Waals surface area contributed by atoms with Crippen LogP contribution in [0.15, 0.2) is 59.5 Å². The highest BCUT2D eigenvalue weighted by Crippen LogP contribution is 2.48. The van der Waals surface area contributed by atoms with E-state index in [9.17, 15) is 18.0 Å². The highest BCUT2D eigenvalue weighted by atomic mass is 35.5. The first-order valence-electron chi connectivity index (χ1n) is 8.25. The van der Waals surface area contributed by atoms with Crippen LogP contribution in [-0.4, -0.2) is 36.4 Å². The van der Waals surface area contributed by atoms with Crippen molar-refractivity contribution < 1.29 is 18.0 Å². The summed E-state index contributed by atoms with van der Waals surface area (Å²) in [6.07, 6.45) is 0.128. The maximum Gasteiger partial charge on any atom is 0.228 e. The minimum absolute atomic E-state index is 0.00751. The van der Waals surface area contributed by atoms with Crippen molar-refractivity contribution in [1.29, 1.82) is 0 Å². The normalized spacial score (nSPS) is 25.1. The van der Waals surface area contributed by atoms with E-state index in [0.29, 0.717) is 11.4 Å².